The zero-order valence-electron chi connectivity index (χ0n) is 10.3. The molecule has 0 unspecified atom stereocenters. The van der Waals surface area contributed by atoms with Crippen molar-refractivity contribution in [2.24, 2.45) is 0 Å². The van der Waals surface area contributed by atoms with E-state index in [-0.39, 0.29) is 11.5 Å². The van der Waals surface area contributed by atoms with Gasteiger partial charge in [-0.3, -0.25) is 4.79 Å². The number of rotatable bonds is 4. The molecule has 2 aromatic rings. The summed E-state index contributed by atoms with van der Waals surface area (Å²) in [6.07, 6.45) is 3.23. The first-order valence-corrected chi connectivity index (χ1v) is 5.91. The average molecular weight is 254 g/mol. The molecule has 3 heteroatoms. The molecule has 0 heterocycles. The average Bonchev–Trinajstić information content (AvgIpc) is 2.43. The van der Waals surface area contributed by atoms with Crippen molar-refractivity contribution in [1.29, 1.82) is 0 Å². The Bertz CT molecular complexity index is 580. The Morgan fingerprint density at radius 1 is 0.895 bits per heavy atom. The number of phenolic OH excluding ortho intramolecular Hbond substituents is 2. The number of phenols is 2. The van der Waals surface area contributed by atoms with E-state index in [1.165, 1.54) is 0 Å². The minimum atomic E-state index is 0.174. The van der Waals surface area contributed by atoms with Gasteiger partial charge in [0.1, 0.15) is 17.8 Å². The molecule has 0 radical (unpaired) electrons. The summed E-state index contributed by atoms with van der Waals surface area (Å²) in [5.41, 5.74) is 2.36. The molecule has 96 valence electrons. The zero-order valence-corrected chi connectivity index (χ0v) is 10.3. The second-order valence-corrected chi connectivity index (χ2v) is 4.19. The molecular weight excluding hydrogens is 240 g/mol. The summed E-state index contributed by atoms with van der Waals surface area (Å²) in [4.78, 5) is 11.1. The van der Waals surface area contributed by atoms with Crippen LogP contribution >= 0.6 is 0 Å². The van der Waals surface area contributed by atoms with Gasteiger partial charge in [-0.15, -0.1) is 0 Å². The highest BCUT2D eigenvalue weighted by Crippen LogP contribution is 2.18. The SMILES string of the molecule is O=C/C(=C/Cc1ccc(O)cc1)c1ccc(O)cc1. The number of aromatic hydroxyl groups is 2. The largest absolute Gasteiger partial charge is 0.508 e. The lowest BCUT2D eigenvalue weighted by molar-refractivity contribution is -0.103. The molecular formula is C16H14O3. The molecule has 2 rings (SSSR count). The predicted octanol–water partition coefficient (Wildman–Crippen LogP) is 2.92. The second-order valence-electron chi connectivity index (χ2n) is 4.19. The molecule has 2 N–H and O–H groups in total. The summed E-state index contributed by atoms with van der Waals surface area (Å²) in [6.45, 7) is 0. The Kier molecular flexibility index (Phi) is 3.98. The lowest BCUT2D eigenvalue weighted by atomic mass is 10.0. The van der Waals surface area contributed by atoms with E-state index in [2.05, 4.69) is 0 Å². The first-order valence-electron chi connectivity index (χ1n) is 5.91. The van der Waals surface area contributed by atoms with Crippen molar-refractivity contribution in [3.05, 3.63) is 65.7 Å². The monoisotopic (exact) mass is 254 g/mol. The van der Waals surface area contributed by atoms with Crippen LogP contribution in [0.15, 0.2) is 54.6 Å². The van der Waals surface area contributed by atoms with Crippen molar-refractivity contribution in [2.45, 2.75) is 6.42 Å². The fourth-order valence-electron chi connectivity index (χ4n) is 1.75. The summed E-state index contributed by atoms with van der Waals surface area (Å²) >= 11 is 0. The Morgan fingerprint density at radius 3 is 1.95 bits per heavy atom. The standard InChI is InChI=1S/C16H14O3/c17-11-14(13-5-9-16(19)10-6-13)4-1-12-2-7-15(18)8-3-12/h2-11,18-19H,1H2/b14-4-. The third-order valence-electron chi connectivity index (χ3n) is 2.82. The van der Waals surface area contributed by atoms with Gasteiger partial charge in [-0.05, 0) is 41.8 Å². The fraction of sp³-hybridized carbons (Fsp3) is 0.0625. The third kappa shape index (κ3) is 3.45. The quantitative estimate of drug-likeness (QED) is 0.651. The number of carbonyl (C=O) groups is 1. The maximum Gasteiger partial charge on any atom is 0.150 e. The third-order valence-corrected chi connectivity index (χ3v) is 2.82. The number of hydrogen-bond donors (Lipinski definition) is 2. The lowest BCUT2D eigenvalue weighted by Gasteiger charge is -2.02. The molecule has 0 saturated carbocycles. The van der Waals surface area contributed by atoms with Gasteiger partial charge in [-0.2, -0.15) is 0 Å². The maximum absolute atomic E-state index is 11.1. The minimum absolute atomic E-state index is 0.174. The highest BCUT2D eigenvalue weighted by molar-refractivity contribution is 6.06. The molecule has 0 aliphatic rings. The molecule has 19 heavy (non-hydrogen) atoms. The van der Waals surface area contributed by atoms with Gasteiger partial charge < -0.3 is 10.2 Å². The first-order chi connectivity index (χ1) is 9.19. The van der Waals surface area contributed by atoms with E-state index in [9.17, 15) is 15.0 Å². The number of allylic oxidation sites excluding steroid dienone is 2. The van der Waals surface area contributed by atoms with Crippen molar-refractivity contribution in [2.75, 3.05) is 0 Å². The summed E-state index contributed by atoms with van der Waals surface area (Å²) in [6, 6.07) is 13.4. The van der Waals surface area contributed by atoms with Crippen LogP contribution in [0.25, 0.3) is 5.57 Å². The van der Waals surface area contributed by atoms with E-state index >= 15 is 0 Å². The molecule has 0 bridgehead atoms. The van der Waals surface area contributed by atoms with Gasteiger partial charge in [-0.1, -0.05) is 30.3 Å². The van der Waals surface area contributed by atoms with Crippen molar-refractivity contribution >= 4 is 11.9 Å². The van der Waals surface area contributed by atoms with Crippen LogP contribution in [0.3, 0.4) is 0 Å². The van der Waals surface area contributed by atoms with Gasteiger partial charge in [0, 0.05) is 5.57 Å². The molecule has 0 fully saturated rings. The lowest BCUT2D eigenvalue weighted by Crippen LogP contribution is -1.88. The van der Waals surface area contributed by atoms with Crippen molar-refractivity contribution in [1.82, 2.24) is 0 Å². The Balaban J connectivity index is 2.17. The van der Waals surface area contributed by atoms with Crippen LogP contribution in [0.4, 0.5) is 0 Å². The van der Waals surface area contributed by atoms with Crippen LogP contribution in [-0.4, -0.2) is 16.5 Å². The van der Waals surface area contributed by atoms with Gasteiger partial charge in [0.15, 0.2) is 0 Å². The summed E-state index contributed by atoms with van der Waals surface area (Å²) in [5.74, 6) is 0.398. The Labute approximate surface area is 111 Å². The molecule has 0 spiro atoms. The van der Waals surface area contributed by atoms with E-state index < -0.39 is 0 Å². The Hall–Kier alpha value is -2.55. The zero-order chi connectivity index (χ0) is 13.7. The van der Waals surface area contributed by atoms with Gasteiger partial charge in [0.2, 0.25) is 0 Å². The number of aldehydes is 1. The van der Waals surface area contributed by atoms with E-state index in [1.54, 1.807) is 36.4 Å². The van der Waals surface area contributed by atoms with Crippen LogP contribution in [0, 0.1) is 0 Å². The van der Waals surface area contributed by atoms with Gasteiger partial charge in [0.25, 0.3) is 0 Å². The van der Waals surface area contributed by atoms with Crippen molar-refractivity contribution < 1.29 is 15.0 Å². The molecule has 0 aliphatic heterocycles. The normalized spacial score (nSPS) is 11.3. The van der Waals surface area contributed by atoms with Crippen LogP contribution in [0.5, 0.6) is 11.5 Å². The van der Waals surface area contributed by atoms with Gasteiger partial charge in [0.05, 0.1) is 0 Å². The van der Waals surface area contributed by atoms with Gasteiger partial charge >= 0.3 is 0 Å². The molecule has 0 atom stereocenters. The van der Waals surface area contributed by atoms with E-state index in [0.717, 1.165) is 17.4 Å². The highest BCUT2D eigenvalue weighted by atomic mass is 16.3. The molecule has 2 aromatic carbocycles. The predicted molar refractivity (Wildman–Crippen MR) is 74.0 cm³/mol. The van der Waals surface area contributed by atoms with Crippen molar-refractivity contribution in [3.8, 4) is 11.5 Å². The van der Waals surface area contributed by atoms with Crippen LogP contribution in [-0.2, 0) is 11.2 Å². The van der Waals surface area contributed by atoms with Crippen molar-refractivity contribution in [3.63, 3.8) is 0 Å². The first kappa shape index (κ1) is 12.9. The summed E-state index contributed by atoms with van der Waals surface area (Å²) in [7, 11) is 0. The van der Waals surface area contributed by atoms with Crippen LogP contribution in [0.1, 0.15) is 11.1 Å². The number of benzene rings is 2. The maximum atomic E-state index is 11.1. The Morgan fingerprint density at radius 2 is 1.42 bits per heavy atom. The molecule has 3 nitrogen and oxygen atoms in total. The minimum Gasteiger partial charge on any atom is -0.508 e. The van der Waals surface area contributed by atoms with E-state index in [4.69, 9.17) is 0 Å². The number of hydrogen-bond acceptors (Lipinski definition) is 3. The molecule has 0 aromatic heterocycles. The van der Waals surface area contributed by atoms with E-state index in [1.807, 2.05) is 18.2 Å². The molecule has 0 saturated heterocycles. The topological polar surface area (TPSA) is 57.5 Å². The highest BCUT2D eigenvalue weighted by Gasteiger charge is 2.00. The van der Waals surface area contributed by atoms with Crippen LogP contribution in [0.2, 0.25) is 0 Å². The smallest absolute Gasteiger partial charge is 0.150 e. The summed E-state index contributed by atoms with van der Waals surface area (Å²) in [5, 5.41) is 18.4. The summed E-state index contributed by atoms with van der Waals surface area (Å²) < 4.78 is 0. The second kappa shape index (κ2) is 5.87. The van der Waals surface area contributed by atoms with E-state index in [0.29, 0.717) is 12.0 Å². The molecule has 0 amide bonds. The van der Waals surface area contributed by atoms with Crippen LogP contribution < -0.4 is 0 Å². The van der Waals surface area contributed by atoms with Gasteiger partial charge in [-0.25, -0.2) is 0 Å². The fourth-order valence-corrected chi connectivity index (χ4v) is 1.75. The molecule has 0 aliphatic carbocycles. The number of carbonyl (C=O) groups excluding carboxylic acids is 1.